The van der Waals surface area contributed by atoms with Crippen molar-refractivity contribution in [2.45, 2.75) is 25.4 Å². The summed E-state index contributed by atoms with van der Waals surface area (Å²) < 4.78 is 26.9. The van der Waals surface area contributed by atoms with Crippen LogP contribution >= 0.6 is 11.3 Å². The number of likely N-dealkylation sites (tertiary alicyclic amines) is 1. The van der Waals surface area contributed by atoms with Crippen molar-refractivity contribution >= 4 is 17.2 Å². The van der Waals surface area contributed by atoms with E-state index in [0.717, 1.165) is 48.7 Å². The molecule has 8 heteroatoms. The van der Waals surface area contributed by atoms with Crippen molar-refractivity contribution < 1.29 is 13.6 Å². The quantitative estimate of drug-likeness (QED) is 0.385. The van der Waals surface area contributed by atoms with Crippen LogP contribution in [-0.4, -0.2) is 39.9 Å². The van der Waals surface area contributed by atoms with E-state index in [1.807, 2.05) is 11.4 Å². The minimum atomic E-state index is -0.320. The van der Waals surface area contributed by atoms with Gasteiger partial charge >= 0.3 is 0 Å². The summed E-state index contributed by atoms with van der Waals surface area (Å²) in [6.07, 6.45) is 3.23. The molecule has 0 saturated carbocycles. The zero-order valence-electron chi connectivity index (χ0n) is 19.0. The molecule has 0 aliphatic carbocycles. The van der Waals surface area contributed by atoms with Crippen LogP contribution in [0.1, 0.15) is 28.2 Å². The van der Waals surface area contributed by atoms with Crippen molar-refractivity contribution in [3.63, 3.8) is 0 Å². The zero-order valence-corrected chi connectivity index (χ0v) is 19.8. The second kappa shape index (κ2) is 10.4. The largest absolute Gasteiger partial charge is 0.349 e. The summed E-state index contributed by atoms with van der Waals surface area (Å²) in [6.45, 7) is 2.46. The van der Waals surface area contributed by atoms with Gasteiger partial charge in [-0.3, -0.25) is 14.7 Å². The molecule has 2 aromatic carbocycles. The summed E-state index contributed by atoms with van der Waals surface area (Å²) in [5, 5.41) is 6.06. The monoisotopic (exact) mass is 490 g/mol. The number of rotatable bonds is 6. The molecule has 0 radical (unpaired) electrons. The Labute approximate surface area is 206 Å². The SMILES string of the molecule is O=C(NC1CCN(Cc2nc(-c3cccc(F)c3)cs2)CC1)c1ccc(-c2cccc(F)c2)nc1. The minimum Gasteiger partial charge on any atom is -0.349 e. The predicted octanol–water partition coefficient (Wildman–Crippen LogP) is 5.54. The molecule has 178 valence electrons. The van der Waals surface area contributed by atoms with Gasteiger partial charge in [-0.2, -0.15) is 0 Å². The average molecular weight is 491 g/mol. The number of thiazole rings is 1. The van der Waals surface area contributed by atoms with E-state index < -0.39 is 0 Å². The Balaban J connectivity index is 1.12. The van der Waals surface area contributed by atoms with Gasteiger partial charge in [0.1, 0.15) is 16.6 Å². The lowest BCUT2D eigenvalue weighted by Gasteiger charge is -2.31. The van der Waals surface area contributed by atoms with E-state index in [2.05, 4.69) is 20.2 Å². The van der Waals surface area contributed by atoms with Crippen LogP contribution in [0.5, 0.6) is 0 Å². The fraction of sp³-hybridized carbons (Fsp3) is 0.222. The molecule has 2 aromatic heterocycles. The number of benzene rings is 2. The predicted molar refractivity (Wildman–Crippen MR) is 133 cm³/mol. The molecule has 1 aliphatic rings. The van der Waals surface area contributed by atoms with Crippen LogP contribution in [0, 0.1) is 11.6 Å². The number of nitrogens with zero attached hydrogens (tertiary/aromatic N) is 3. The Hall–Kier alpha value is -3.49. The summed E-state index contributed by atoms with van der Waals surface area (Å²) in [5.74, 6) is -0.736. The molecule has 0 unspecified atom stereocenters. The van der Waals surface area contributed by atoms with Crippen molar-refractivity contribution in [3.05, 3.63) is 94.4 Å². The van der Waals surface area contributed by atoms with E-state index in [1.54, 1.807) is 41.7 Å². The molecule has 5 rings (SSSR count). The van der Waals surface area contributed by atoms with Gasteiger partial charge in [-0.05, 0) is 49.2 Å². The molecule has 1 N–H and O–H groups in total. The molecule has 0 bridgehead atoms. The summed E-state index contributed by atoms with van der Waals surface area (Å²) in [6, 6.07) is 16.3. The van der Waals surface area contributed by atoms with Gasteiger partial charge in [-0.15, -0.1) is 11.3 Å². The van der Waals surface area contributed by atoms with Gasteiger partial charge in [-0.1, -0.05) is 24.3 Å². The molecule has 35 heavy (non-hydrogen) atoms. The molecular formula is C27H24F2N4OS. The van der Waals surface area contributed by atoms with Crippen molar-refractivity contribution in [1.29, 1.82) is 0 Å². The first-order valence-corrected chi connectivity index (χ1v) is 12.4. The maximum atomic E-state index is 13.5. The van der Waals surface area contributed by atoms with Gasteiger partial charge < -0.3 is 5.32 Å². The Kier molecular flexibility index (Phi) is 6.92. The molecule has 1 amide bonds. The molecule has 1 aliphatic heterocycles. The van der Waals surface area contributed by atoms with Crippen molar-refractivity contribution in [2.24, 2.45) is 0 Å². The minimum absolute atomic E-state index is 0.0980. The van der Waals surface area contributed by atoms with E-state index in [0.29, 0.717) is 16.8 Å². The van der Waals surface area contributed by atoms with E-state index in [1.165, 1.54) is 30.5 Å². The summed E-state index contributed by atoms with van der Waals surface area (Å²) >= 11 is 1.58. The smallest absolute Gasteiger partial charge is 0.253 e. The van der Waals surface area contributed by atoms with Crippen LogP contribution in [0.3, 0.4) is 0 Å². The van der Waals surface area contributed by atoms with E-state index >= 15 is 0 Å². The number of hydrogen-bond acceptors (Lipinski definition) is 5. The Morgan fingerprint density at radius 2 is 1.66 bits per heavy atom. The molecule has 3 heterocycles. The van der Waals surface area contributed by atoms with Crippen LogP contribution in [0.2, 0.25) is 0 Å². The maximum absolute atomic E-state index is 13.5. The second-order valence-electron chi connectivity index (χ2n) is 8.60. The Bertz CT molecular complexity index is 1320. The number of aromatic nitrogens is 2. The van der Waals surface area contributed by atoms with E-state index in [4.69, 9.17) is 0 Å². The third kappa shape index (κ3) is 5.78. The molecule has 1 fully saturated rings. The van der Waals surface area contributed by atoms with E-state index in [-0.39, 0.29) is 23.6 Å². The van der Waals surface area contributed by atoms with Gasteiger partial charge in [0.2, 0.25) is 0 Å². The lowest BCUT2D eigenvalue weighted by atomic mass is 10.0. The normalized spacial score (nSPS) is 14.7. The molecule has 0 spiro atoms. The molecule has 5 nitrogen and oxygen atoms in total. The maximum Gasteiger partial charge on any atom is 0.253 e. The van der Waals surface area contributed by atoms with Crippen LogP contribution in [0.25, 0.3) is 22.5 Å². The number of amides is 1. The summed E-state index contributed by atoms with van der Waals surface area (Å²) in [7, 11) is 0. The standard InChI is InChI=1S/C27H24F2N4OS/c28-21-5-1-3-18(13-21)24-8-7-20(15-30-24)27(34)31-23-9-11-33(12-10-23)16-26-32-25(17-35-26)19-4-2-6-22(29)14-19/h1-8,13-15,17,23H,9-12,16H2,(H,31,34). The third-order valence-electron chi connectivity index (χ3n) is 6.10. The Morgan fingerprint density at radius 3 is 2.29 bits per heavy atom. The highest BCUT2D eigenvalue weighted by molar-refractivity contribution is 7.09. The highest BCUT2D eigenvalue weighted by Gasteiger charge is 2.22. The number of piperidine rings is 1. The lowest BCUT2D eigenvalue weighted by molar-refractivity contribution is 0.0908. The van der Waals surface area contributed by atoms with Gasteiger partial charge in [0.25, 0.3) is 5.91 Å². The Morgan fingerprint density at radius 1 is 0.971 bits per heavy atom. The van der Waals surface area contributed by atoms with Crippen LogP contribution in [0.4, 0.5) is 8.78 Å². The number of carbonyl (C=O) groups excluding carboxylic acids is 1. The first-order chi connectivity index (χ1) is 17.0. The number of carbonyl (C=O) groups is 1. The lowest BCUT2D eigenvalue weighted by Crippen LogP contribution is -2.44. The first-order valence-electron chi connectivity index (χ1n) is 11.5. The van der Waals surface area contributed by atoms with Crippen molar-refractivity contribution in [1.82, 2.24) is 20.2 Å². The molecule has 4 aromatic rings. The van der Waals surface area contributed by atoms with E-state index in [9.17, 15) is 13.6 Å². The van der Waals surface area contributed by atoms with Crippen LogP contribution in [-0.2, 0) is 6.54 Å². The third-order valence-corrected chi connectivity index (χ3v) is 6.93. The summed E-state index contributed by atoms with van der Waals surface area (Å²) in [5.41, 5.74) is 3.36. The number of nitrogens with one attached hydrogen (secondary N) is 1. The number of pyridine rings is 1. The highest BCUT2D eigenvalue weighted by Crippen LogP contribution is 2.24. The van der Waals surface area contributed by atoms with Gasteiger partial charge in [0.05, 0.1) is 23.5 Å². The van der Waals surface area contributed by atoms with Crippen molar-refractivity contribution in [2.75, 3.05) is 13.1 Å². The topological polar surface area (TPSA) is 58.1 Å². The van der Waals surface area contributed by atoms with Crippen molar-refractivity contribution in [3.8, 4) is 22.5 Å². The van der Waals surface area contributed by atoms with Gasteiger partial charge in [0, 0.05) is 41.8 Å². The molecular weight excluding hydrogens is 466 g/mol. The van der Waals surface area contributed by atoms with Crippen LogP contribution in [0.15, 0.2) is 72.2 Å². The average Bonchev–Trinajstić information content (AvgIpc) is 3.34. The number of hydrogen-bond donors (Lipinski definition) is 1. The zero-order chi connectivity index (χ0) is 24.2. The first kappa shape index (κ1) is 23.3. The fourth-order valence-electron chi connectivity index (χ4n) is 4.21. The van der Waals surface area contributed by atoms with Gasteiger partial charge in [-0.25, -0.2) is 13.8 Å². The molecule has 0 atom stereocenters. The van der Waals surface area contributed by atoms with Crippen LogP contribution < -0.4 is 5.32 Å². The molecule has 1 saturated heterocycles. The summed E-state index contributed by atoms with van der Waals surface area (Å²) in [4.78, 5) is 24.0. The van der Waals surface area contributed by atoms with Gasteiger partial charge in [0.15, 0.2) is 0 Å². The second-order valence-corrected chi connectivity index (χ2v) is 9.55. The highest BCUT2D eigenvalue weighted by atomic mass is 32.1. The number of halogens is 2. The fourth-order valence-corrected chi connectivity index (χ4v) is 5.05.